The average molecular weight is 1140 g/mol. The van der Waals surface area contributed by atoms with Crippen LogP contribution in [-0.4, -0.2) is 36.2 Å². The molecule has 0 amide bonds. The van der Waals surface area contributed by atoms with Crippen LogP contribution in [-0.2, 0) is 0 Å². The number of anilines is 6. The minimum atomic E-state index is -0.0466. The molecule has 2 aliphatic heterocycles. The molecule has 2 aliphatic rings. The summed E-state index contributed by atoms with van der Waals surface area (Å²) in [4.78, 5) is 32.2. The molecule has 0 saturated heterocycles. The van der Waals surface area contributed by atoms with Crippen LogP contribution in [0.3, 0.4) is 0 Å². The molecular formula is C80H53BN8. The summed E-state index contributed by atoms with van der Waals surface area (Å²) >= 11 is 0. The number of aryl methyl sites for hydroxylation is 1. The highest BCUT2D eigenvalue weighted by molar-refractivity contribution is 7.00. The first-order valence-corrected chi connectivity index (χ1v) is 30.2. The average Bonchev–Trinajstić information content (AvgIpc) is 1.25. The Hall–Kier alpha value is -11.8. The van der Waals surface area contributed by atoms with E-state index in [4.69, 9.17) is 24.9 Å². The van der Waals surface area contributed by atoms with Crippen molar-refractivity contribution in [2.75, 3.05) is 9.80 Å². The Bertz CT molecular complexity index is 5160. The van der Waals surface area contributed by atoms with E-state index in [0.29, 0.717) is 23.3 Å². The molecule has 0 N–H and O–H groups in total. The molecule has 0 fully saturated rings. The van der Waals surface area contributed by atoms with Gasteiger partial charge in [0.1, 0.15) is 0 Å². The lowest BCUT2D eigenvalue weighted by atomic mass is 9.33. The van der Waals surface area contributed by atoms with Crippen LogP contribution in [0.15, 0.2) is 303 Å². The smallest absolute Gasteiger partial charge is 0.252 e. The summed E-state index contributed by atoms with van der Waals surface area (Å²) in [7, 11) is 0. The van der Waals surface area contributed by atoms with Gasteiger partial charge in [-0.2, -0.15) is 0 Å². The van der Waals surface area contributed by atoms with Crippen LogP contribution in [0.4, 0.5) is 34.1 Å². The van der Waals surface area contributed by atoms with E-state index in [9.17, 15) is 0 Å². The van der Waals surface area contributed by atoms with Crippen LogP contribution >= 0.6 is 0 Å². The quantitative estimate of drug-likeness (QED) is 0.126. The Morgan fingerprint density at radius 1 is 0.292 bits per heavy atom. The third-order valence-corrected chi connectivity index (χ3v) is 17.5. The summed E-state index contributed by atoms with van der Waals surface area (Å²) in [6, 6.07) is 108. The number of para-hydroxylation sites is 5. The summed E-state index contributed by atoms with van der Waals surface area (Å²) in [6.07, 6.45) is 0. The largest absolute Gasteiger partial charge is 0.311 e. The fourth-order valence-corrected chi connectivity index (χ4v) is 13.5. The first-order chi connectivity index (χ1) is 44.1. The first-order valence-electron chi connectivity index (χ1n) is 30.2. The molecule has 5 heterocycles. The fraction of sp³-hybridized carbons (Fsp3) is 0.0125. The Balaban J connectivity index is 0.901. The van der Waals surface area contributed by atoms with Crippen molar-refractivity contribution in [2.45, 2.75) is 6.92 Å². The van der Waals surface area contributed by atoms with Gasteiger partial charge in [-0.25, -0.2) is 24.9 Å². The zero-order valence-corrected chi connectivity index (χ0v) is 48.5. The molecule has 15 aromatic rings. The van der Waals surface area contributed by atoms with Crippen LogP contribution < -0.4 is 26.2 Å². The van der Waals surface area contributed by atoms with Crippen molar-refractivity contribution in [3.8, 4) is 84.9 Å². The van der Waals surface area contributed by atoms with Gasteiger partial charge in [-0.15, -0.1) is 0 Å². The van der Waals surface area contributed by atoms with Crippen molar-refractivity contribution in [2.24, 2.45) is 0 Å². The maximum atomic E-state index is 5.65. The summed E-state index contributed by atoms with van der Waals surface area (Å²) in [5, 5.41) is 2.32. The lowest BCUT2D eigenvalue weighted by Gasteiger charge is -2.45. The molecule has 9 heteroatoms. The van der Waals surface area contributed by atoms with Crippen LogP contribution in [0.1, 0.15) is 5.56 Å². The number of rotatable bonds is 10. The lowest BCUT2D eigenvalue weighted by Crippen LogP contribution is -2.61. The van der Waals surface area contributed by atoms with E-state index in [1.807, 2.05) is 54.6 Å². The van der Waals surface area contributed by atoms with E-state index in [1.165, 1.54) is 33.0 Å². The van der Waals surface area contributed by atoms with Gasteiger partial charge in [0.05, 0.1) is 33.8 Å². The highest BCUT2D eigenvalue weighted by atomic mass is 15.2. The van der Waals surface area contributed by atoms with Crippen LogP contribution in [0.25, 0.3) is 107 Å². The zero-order chi connectivity index (χ0) is 58.9. The zero-order valence-electron chi connectivity index (χ0n) is 48.5. The third kappa shape index (κ3) is 8.81. The lowest BCUT2D eigenvalue weighted by molar-refractivity contribution is 1.06. The van der Waals surface area contributed by atoms with Gasteiger partial charge in [-0.1, -0.05) is 218 Å². The van der Waals surface area contributed by atoms with Crippen LogP contribution in [0.5, 0.6) is 0 Å². The van der Waals surface area contributed by atoms with E-state index in [2.05, 4.69) is 270 Å². The van der Waals surface area contributed by atoms with Gasteiger partial charge in [0, 0.05) is 78.2 Å². The van der Waals surface area contributed by atoms with Gasteiger partial charge in [0.25, 0.3) is 6.71 Å². The van der Waals surface area contributed by atoms with E-state index in [1.54, 1.807) is 0 Å². The molecular weight excluding hydrogens is 1080 g/mol. The third-order valence-electron chi connectivity index (χ3n) is 17.5. The van der Waals surface area contributed by atoms with Crippen molar-refractivity contribution in [1.82, 2.24) is 29.5 Å². The van der Waals surface area contributed by atoms with E-state index < -0.39 is 0 Å². The van der Waals surface area contributed by atoms with Crippen LogP contribution in [0, 0.1) is 6.92 Å². The second-order valence-electron chi connectivity index (χ2n) is 22.8. The minimum absolute atomic E-state index is 0.0466. The summed E-state index contributed by atoms with van der Waals surface area (Å²) in [6.45, 7) is 2.11. The van der Waals surface area contributed by atoms with Gasteiger partial charge in [-0.05, 0) is 120 Å². The van der Waals surface area contributed by atoms with Crippen molar-refractivity contribution in [1.29, 1.82) is 0 Å². The predicted octanol–water partition coefficient (Wildman–Crippen LogP) is 17.8. The molecule has 17 rings (SSSR count). The Morgan fingerprint density at radius 2 is 0.787 bits per heavy atom. The molecule has 0 spiro atoms. The van der Waals surface area contributed by atoms with Crippen molar-refractivity contribution < 1.29 is 0 Å². The van der Waals surface area contributed by atoms with Crippen molar-refractivity contribution in [3.05, 3.63) is 309 Å². The highest BCUT2D eigenvalue weighted by Gasteiger charge is 2.44. The van der Waals surface area contributed by atoms with E-state index in [-0.39, 0.29) is 6.71 Å². The maximum Gasteiger partial charge on any atom is 0.252 e. The second kappa shape index (κ2) is 21.3. The molecule has 12 aromatic carbocycles. The van der Waals surface area contributed by atoms with E-state index >= 15 is 0 Å². The normalized spacial score (nSPS) is 12.3. The minimum Gasteiger partial charge on any atom is -0.311 e. The molecule has 8 nitrogen and oxygen atoms in total. The fourth-order valence-electron chi connectivity index (χ4n) is 13.5. The second-order valence-corrected chi connectivity index (χ2v) is 22.8. The number of aromatic nitrogens is 6. The predicted molar refractivity (Wildman–Crippen MR) is 367 cm³/mol. The molecule has 3 aromatic heterocycles. The van der Waals surface area contributed by atoms with E-state index in [0.717, 1.165) is 106 Å². The topological polar surface area (TPSA) is 75.9 Å². The van der Waals surface area contributed by atoms with Gasteiger partial charge >= 0.3 is 0 Å². The SMILES string of the molecule is Cc1ccc2c(c1)c1ccccc1n2-c1ccc(-c2nc(-c3ccccc3)cc(-c3ccccc3)n2)cc1-c1nc(-c2ccccc2)nc(-c2cccc(-c3ccc4c5c3N(c3ccccc3)c3ccccc3B5c3ccccc3N4c3ccccc3)c2)n1. The maximum absolute atomic E-state index is 5.65. The summed E-state index contributed by atoms with van der Waals surface area (Å²) in [5.41, 5.74) is 23.9. The number of nitrogens with zero attached hydrogens (tertiary/aromatic N) is 8. The number of fused-ring (bicyclic) bond motifs is 7. The molecule has 0 radical (unpaired) electrons. The molecule has 89 heavy (non-hydrogen) atoms. The Kier molecular flexibility index (Phi) is 12.4. The van der Waals surface area contributed by atoms with Gasteiger partial charge in [0.15, 0.2) is 23.3 Å². The standard InChI is InChI=1S/C80H53BN8/c1-52-42-45-70-63(48-52)62-36-17-20-39-69(62)89(70)71-46-43-58(78-82-67(53-24-7-2-8-25-53)51-68(83-78)54-26-9-3-10-27-54)50-64(71)80-85-77(55-28-11-4-12-29-55)84-79(86-80)57-31-23-30-56(49-57)61-44-47-74-75-76(61)88(60-34-15-6-16-35-60)73-41-22-19-38-66(73)81(75)65-37-18-21-40-72(65)87(74)59-32-13-5-14-33-59/h2-51H,1H3. The van der Waals surface area contributed by atoms with Crippen molar-refractivity contribution >= 4 is 79.0 Å². The number of hydrogen-bond donors (Lipinski definition) is 0. The molecule has 0 atom stereocenters. The molecule has 0 aliphatic carbocycles. The van der Waals surface area contributed by atoms with Gasteiger partial charge in [0.2, 0.25) is 0 Å². The Labute approximate surface area is 516 Å². The molecule has 0 unspecified atom stereocenters. The molecule has 0 saturated carbocycles. The number of benzene rings is 12. The first kappa shape index (κ1) is 51.6. The molecule has 0 bridgehead atoms. The van der Waals surface area contributed by atoms with Gasteiger partial charge in [-0.3, -0.25) is 0 Å². The van der Waals surface area contributed by atoms with Crippen LogP contribution in [0.2, 0.25) is 0 Å². The number of hydrogen-bond acceptors (Lipinski definition) is 7. The molecule has 416 valence electrons. The van der Waals surface area contributed by atoms with Crippen molar-refractivity contribution in [3.63, 3.8) is 0 Å². The summed E-state index contributed by atoms with van der Waals surface area (Å²) in [5.74, 6) is 2.18. The monoisotopic (exact) mass is 1140 g/mol. The summed E-state index contributed by atoms with van der Waals surface area (Å²) < 4.78 is 2.36. The Morgan fingerprint density at radius 3 is 1.46 bits per heavy atom. The van der Waals surface area contributed by atoms with Gasteiger partial charge < -0.3 is 14.4 Å². The highest BCUT2D eigenvalue weighted by Crippen LogP contribution is 2.48.